The molecule has 0 aromatic heterocycles. The third-order valence-corrected chi connectivity index (χ3v) is 2.81. The molecule has 0 spiro atoms. The first-order valence-electron chi connectivity index (χ1n) is 5.66. The molecule has 0 amide bonds. The Morgan fingerprint density at radius 1 is 1.25 bits per heavy atom. The van der Waals surface area contributed by atoms with E-state index in [2.05, 4.69) is 44.2 Å². The molecule has 0 aliphatic carbocycles. The van der Waals surface area contributed by atoms with E-state index < -0.39 is 0 Å². The number of anilines is 1. The van der Waals surface area contributed by atoms with Gasteiger partial charge in [-0.15, -0.1) is 0 Å². The Labute approximate surface area is 104 Å². The number of rotatable bonds is 5. The van der Waals surface area contributed by atoms with Crippen LogP contribution in [0.3, 0.4) is 0 Å². The minimum Gasteiger partial charge on any atom is -0.384 e. The fourth-order valence-corrected chi connectivity index (χ4v) is 2.14. The molecule has 1 aromatic carbocycles. The smallest absolute Gasteiger partial charge is 0.0642 e. The first kappa shape index (κ1) is 13.3. The van der Waals surface area contributed by atoms with Crippen molar-refractivity contribution in [2.75, 3.05) is 32.5 Å². The van der Waals surface area contributed by atoms with E-state index in [0.717, 1.165) is 30.2 Å². The van der Waals surface area contributed by atoms with Gasteiger partial charge in [-0.25, -0.2) is 0 Å². The molecule has 3 heteroatoms. The minimum absolute atomic E-state index is 0.822. The second kappa shape index (κ2) is 6.12. The van der Waals surface area contributed by atoms with Gasteiger partial charge in [0.1, 0.15) is 0 Å². The number of hydrogen-bond acceptors (Lipinski definition) is 2. The van der Waals surface area contributed by atoms with Crippen LogP contribution in [-0.2, 0) is 0 Å². The first-order valence-corrected chi connectivity index (χ1v) is 6.04. The molecular weight excluding hydrogens is 220 g/mol. The molecule has 0 aliphatic rings. The molecule has 16 heavy (non-hydrogen) atoms. The summed E-state index contributed by atoms with van der Waals surface area (Å²) in [6.45, 7) is 6.21. The molecule has 90 valence electrons. The number of hydrogen-bond donors (Lipinski definition) is 1. The highest BCUT2D eigenvalue weighted by Crippen LogP contribution is 2.27. The Hall–Kier alpha value is -0.730. The quantitative estimate of drug-likeness (QED) is 0.795. The standard InChI is InChI=1S/C13H21ClN2/c1-10-8-11(2)13(12(14)9-10)15-6-5-7-16(3)4/h8-9,15H,5-7H2,1-4H3. The minimum atomic E-state index is 0.822. The van der Waals surface area contributed by atoms with Crippen molar-refractivity contribution in [3.05, 3.63) is 28.3 Å². The van der Waals surface area contributed by atoms with Crippen molar-refractivity contribution in [2.24, 2.45) is 0 Å². The van der Waals surface area contributed by atoms with E-state index in [1.165, 1.54) is 11.1 Å². The fraction of sp³-hybridized carbons (Fsp3) is 0.538. The topological polar surface area (TPSA) is 15.3 Å². The molecule has 1 aromatic rings. The lowest BCUT2D eigenvalue weighted by atomic mass is 10.1. The van der Waals surface area contributed by atoms with Crippen molar-refractivity contribution in [3.63, 3.8) is 0 Å². The Balaban J connectivity index is 2.54. The normalized spacial score (nSPS) is 10.9. The third kappa shape index (κ3) is 4.03. The Morgan fingerprint density at radius 2 is 1.94 bits per heavy atom. The Bertz CT molecular complexity index is 325. The van der Waals surface area contributed by atoms with Gasteiger partial charge in [0.2, 0.25) is 0 Å². The van der Waals surface area contributed by atoms with E-state index in [1.54, 1.807) is 0 Å². The largest absolute Gasteiger partial charge is 0.384 e. The number of nitrogens with zero attached hydrogens (tertiary/aromatic N) is 1. The van der Waals surface area contributed by atoms with Crippen LogP contribution in [0.5, 0.6) is 0 Å². The van der Waals surface area contributed by atoms with Gasteiger partial charge in [0, 0.05) is 6.54 Å². The monoisotopic (exact) mass is 240 g/mol. The molecule has 1 rings (SSSR count). The average Bonchev–Trinajstić information content (AvgIpc) is 2.14. The van der Waals surface area contributed by atoms with E-state index in [1.807, 2.05) is 6.07 Å². The number of nitrogens with one attached hydrogen (secondary N) is 1. The van der Waals surface area contributed by atoms with E-state index in [9.17, 15) is 0 Å². The van der Waals surface area contributed by atoms with Gasteiger partial charge < -0.3 is 10.2 Å². The number of halogens is 1. The zero-order chi connectivity index (χ0) is 12.1. The molecule has 1 N–H and O–H groups in total. The van der Waals surface area contributed by atoms with Crippen LogP contribution < -0.4 is 5.32 Å². The van der Waals surface area contributed by atoms with Crippen LogP contribution in [-0.4, -0.2) is 32.1 Å². The molecule has 0 aliphatic heterocycles. The summed E-state index contributed by atoms with van der Waals surface area (Å²) in [6.07, 6.45) is 1.12. The van der Waals surface area contributed by atoms with Gasteiger partial charge in [0.05, 0.1) is 10.7 Å². The SMILES string of the molecule is Cc1cc(C)c(NCCCN(C)C)c(Cl)c1. The molecule has 0 atom stereocenters. The summed E-state index contributed by atoms with van der Waals surface area (Å²) in [6, 6.07) is 4.16. The summed E-state index contributed by atoms with van der Waals surface area (Å²) in [7, 11) is 4.17. The number of benzene rings is 1. The summed E-state index contributed by atoms with van der Waals surface area (Å²) < 4.78 is 0. The lowest BCUT2D eigenvalue weighted by molar-refractivity contribution is 0.405. The first-order chi connectivity index (χ1) is 7.50. The van der Waals surface area contributed by atoms with Crippen molar-refractivity contribution < 1.29 is 0 Å². The molecule has 0 saturated carbocycles. The van der Waals surface area contributed by atoms with Crippen molar-refractivity contribution in [1.29, 1.82) is 0 Å². The molecule has 0 radical (unpaired) electrons. The summed E-state index contributed by atoms with van der Waals surface area (Å²) in [5.74, 6) is 0. The van der Waals surface area contributed by atoms with Gasteiger partial charge in [0.15, 0.2) is 0 Å². The van der Waals surface area contributed by atoms with Crippen LogP contribution in [0.1, 0.15) is 17.5 Å². The van der Waals surface area contributed by atoms with Crippen molar-refractivity contribution >= 4 is 17.3 Å². The van der Waals surface area contributed by atoms with Crippen LogP contribution in [0.25, 0.3) is 0 Å². The van der Waals surface area contributed by atoms with E-state index in [0.29, 0.717) is 0 Å². The fourth-order valence-electron chi connectivity index (χ4n) is 1.75. The predicted molar refractivity (Wildman–Crippen MR) is 72.6 cm³/mol. The second-order valence-corrected chi connectivity index (χ2v) is 4.93. The average molecular weight is 241 g/mol. The molecular formula is C13H21ClN2. The van der Waals surface area contributed by atoms with Gasteiger partial charge >= 0.3 is 0 Å². The van der Waals surface area contributed by atoms with Crippen LogP contribution in [0.4, 0.5) is 5.69 Å². The van der Waals surface area contributed by atoms with E-state index in [-0.39, 0.29) is 0 Å². The van der Waals surface area contributed by atoms with Gasteiger partial charge in [-0.3, -0.25) is 0 Å². The second-order valence-electron chi connectivity index (χ2n) is 4.52. The van der Waals surface area contributed by atoms with Gasteiger partial charge in [-0.2, -0.15) is 0 Å². The zero-order valence-corrected chi connectivity index (χ0v) is 11.4. The van der Waals surface area contributed by atoms with E-state index in [4.69, 9.17) is 11.6 Å². The highest BCUT2D eigenvalue weighted by atomic mass is 35.5. The summed E-state index contributed by atoms with van der Waals surface area (Å²) in [4.78, 5) is 2.19. The van der Waals surface area contributed by atoms with E-state index >= 15 is 0 Å². The molecule has 0 fully saturated rings. The molecule has 2 nitrogen and oxygen atoms in total. The maximum atomic E-state index is 6.20. The lowest BCUT2D eigenvalue weighted by Crippen LogP contribution is -2.16. The molecule has 0 unspecified atom stereocenters. The number of aryl methyl sites for hydroxylation is 2. The van der Waals surface area contributed by atoms with Crippen molar-refractivity contribution in [2.45, 2.75) is 20.3 Å². The Kier molecular flexibility index (Phi) is 5.10. The van der Waals surface area contributed by atoms with Crippen LogP contribution in [0.15, 0.2) is 12.1 Å². The maximum Gasteiger partial charge on any atom is 0.0642 e. The predicted octanol–water partition coefficient (Wildman–Crippen LogP) is 3.32. The van der Waals surface area contributed by atoms with Crippen molar-refractivity contribution in [1.82, 2.24) is 4.90 Å². The molecule has 0 heterocycles. The molecule has 0 saturated heterocycles. The summed E-state index contributed by atoms with van der Waals surface area (Å²) in [5.41, 5.74) is 3.50. The van der Waals surface area contributed by atoms with Crippen LogP contribution >= 0.6 is 11.6 Å². The highest BCUT2D eigenvalue weighted by Gasteiger charge is 2.04. The van der Waals surface area contributed by atoms with Crippen LogP contribution in [0, 0.1) is 13.8 Å². The Morgan fingerprint density at radius 3 is 2.50 bits per heavy atom. The highest BCUT2D eigenvalue weighted by molar-refractivity contribution is 6.33. The molecule has 0 bridgehead atoms. The lowest BCUT2D eigenvalue weighted by Gasteiger charge is -2.14. The summed E-state index contributed by atoms with van der Waals surface area (Å²) in [5, 5.41) is 4.23. The van der Waals surface area contributed by atoms with Crippen molar-refractivity contribution in [3.8, 4) is 0 Å². The van der Waals surface area contributed by atoms with Gasteiger partial charge in [-0.05, 0) is 58.1 Å². The summed E-state index contributed by atoms with van der Waals surface area (Å²) >= 11 is 6.20. The van der Waals surface area contributed by atoms with Gasteiger partial charge in [-0.1, -0.05) is 17.7 Å². The third-order valence-electron chi connectivity index (χ3n) is 2.52. The maximum absolute atomic E-state index is 6.20. The van der Waals surface area contributed by atoms with Gasteiger partial charge in [0.25, 0.3) is 0 Å². The zero-order valence-electron chi connectivity index (χ0n) is 10.6. The van der Waals surface area contributed by atoms with Crippen LogP contribution in [0.2, 0.25) is 5.02 Å².